The van der Waals surface area contributed by atoms with Crippen molar-refractivity contribution in [2.45, 2.75) is 51.9 Å². The fourth-order valence-corrected chi connectivity index (χ4v) is 4.78. The molecule has 4 nitrogen and oxygen atoms in total. The number of hydrogen-bond acceptors (Lipinski definition) is 4. The van der Waals surface area contributed by atoms with Crippen LogP contribution in [0.1, 0.15) is 56.6 Å². The summed E-state index contributed by atoms with van der Waals surface area (Å²) in [6.07, 6.45) is 5.87. The van der Waals surface area contributed by atoms with Crippen molar-refractivity contribution in [3.8, 4) is 22.6 Å². The van der Waals surface area contributed by atoms with Gasteiger partial charge in [-0.25, -0.2) is 9.59 Å². The second kappa shape index (κ2) is 11.9. The lowest BCUT2D eigenvalue weighted by molar-refractivity contribution is -0.130. The van der Waals surface area contributed by atoms with Gasteiger partial charge >= 0.3 is 11.9 Å². The van der Waals surface area contributed by atoms with Gasteiger partial charge < -0.3 is 9.47 Å². The first-order chi connectivity index (χ1) is 17.8. The van der Waals surface area contributed by atoms with Gasteiger partial charge in [0.2, 0.25) is 0 Å². The summed E-state index contributed by atoms with van der Waals surface area (Å²) in [7, 11) is 0. The lowest BCUT2D eigenvalue weighted by Crippen LogP contribution is -2.15. The maximum Gasteiger partial charge on any atom is 0.338 e. The Morgan fingerprint density at radius 3 is 1.57 bits per heavy atom. The molecule has 4 rings (SSSR count). The molecular weight excluding hydrogens is 460 g/mol. The summed E-state index contributed by atoms with van der Waals surface area (Å²) < 4.78 is 10.6. The predicted octanol–water partition coefficient (Wildman–Crippen LogP) is 7.83. The van der Waals surface area contributed by atoms with E-state index in [0.29, 0.717) is 34.5 Å². The SMILES string of the molecule is C=C(C)C(=O)Oc1ccc(-c2ccc(CC3CCC(c4ccc(OC(=O)C(=C)C)cc4)CC3)cc2)cc1. The fourth-order valence-electron chi connectivity index (χ4n) is 4.78. The third-order valence-electron chi connectivity index (χ3n) is 6.98. The van der Waals surface area contributed by atoms with Crippen LogP contribution in [-0.4, -0.2) is 11.9 Å². The number of hydrogen-bond donors (Lipinski definition) is 0. The summed E-state index contributed by atoms with van der Waals surface area (Å²) in [6, 6.07) is 24.3. The minimum absolute atomic E-state index is 0.380. The van der Waals surface area contributed by atoms with Crippen molar-refractivity contribution < 1.29 is 19.1 Å². The van der Waals surface area contributed by atoms with Gasteiger partial charge in [-0.1, -0.05) is 61.7 Å². The van der Waals surface area contributed by atoms with Crippen LogP contribution in [0.3, 0.4) is 0 Å². The monoisotopic (exact) mass is 494 g/mol. The predicted molar refractivity (Wildman–Crippen MR) is 148 cm³/mol. The molecule has 0 bridgehead atoms. The van der Waals surface area contributed by atoms with Crippen molar-refractivity contribution in [2.75, 3.05) is 0 Å². The van der Waals surface area contributed by atoms with Crippen LogP contribution >= 0.6 is 0 Å². The van der Waals surface area contributed by atoms with Gasteiger partial charge in [0.05, 0.1) is 0 Å². The number of rotatable bonds is 8. The highest BCUT2D eigenvalue weighted by Crippen LogP contribution is 2.37. The molecule has 0 aliphatic heterocycles. The minimum Gasteiger partial charge on any atom is -0.423 e. The molecule has 0 heterocycles. The smallest absolute Gasteiger partial charge is 0.338 e. The van der Waals surface area contributed by atoms with Gasteiger partial charge in [-0.15, -0.1) is 0 Å². The van der Waals surface area contributed by atoms with Crippen molar-refractivity contribution in [2.24, 2.45) is 5.92 Å². The molecule has 1 aliphatic carbocycles. The van der Waals surface area contributed by atoms with Crippen LogP contribution in [-0.2, 0) is 16.0 Å². The molecule has 0 unspecified atom stereocenters. The van der Waals surface area contributed by atoms with Crippen LogP contribution in [0.2, 0.25) is 0 Å². The van der Waals surface area contributed by atoms with Gasteiger partial charge in [-0.05, 0) is 104 Å². The Hall–Kier alpha value is -3.92. The molecule has 3 aromatic carbocycles. The highest BCUT2D eigenvalue weighted by Gasteiger charge is 2.23. The molecule has 0 atom stereocenters. The first-order valence-electron chi connectivity index (χ1n) is 12.8. The molecular formula is C33H34O4. The van der Waals surface area contributed by atoms with E-state index in [9.17, 15) is 9.59 Å². The van der Waals surface area contributed by atoms with Gasteiger partial charge in [0, 0.05) is 11.1 Å². The van der Waals surface area contributed by atoms with Crippen LogP contribution in [0, 0.1) is 5.92 Å². The molecule has 4 heteroatoms. The average molecular weight is 495 g/mol. The van der Waals surface area contributed by atoms with E-state index in [1.807, 2.05) is 36.4 Å². The zero-order valence-corrected chi connectivity index (χ0v) is 21.7. The third kappa shape index (κ3) is 7.07. The van der Waals surface area contributed by atoms with Crippen molar-refractivity contribution in [3.05, 3.63) is 108 Å². The highest BCUT2D eigenvalue weighted by molar-refractivity contribution is 5.89. The summed E-state index contributed by atoms with van der Waals surface area (Å²) >= 11 is 0. The van der Waals surface area contributed by atoms with Crippen molar-refractivity contribution in [3.63, 3.8) is 0 Å². The van der Waals surface area contributed by atoms with E-state index in [1.165, 1.54) is 36.8 Å². The lowest BCUT2D eigenvalue weighted by atomic mass is 9.76. The van der Waals surface area contributed by atoms with E-state index in [4.69, 9.17) is 9.47 Å². The maximum atomic E-state index is 11.7. The molecule has 0 saturated heterocycles. The van der Waals surface area contributed by atoms with E-state index in [-0.39, 0.29) is 5.97 Å². The summed E-state index contributed by atoms with van der Waals surface area (Å²) in [4.78, 5) is 23.4. The van der Waals surface area contributed by atoms with E-state index in [0.717, 1.165) is 17.5 Å². The Morgan fingerprint density at radius 1 is 0.676 bits per heavy atom. The molecule has 0 amide bonds. The van der Waals surface area contributed by atoms with E-state index >= 15 is 0 Å². The Balaban J connectivity index is 1.27. The van der Waals surface area contributed by atoms with Crippen LogP contribution < -0.4 is 9.47 Å². The van der Waals surface area contributed by atoms with Gasteiger partial charge in [0.1, 0.15) is 11.5 Å². The molecule has 190 valence electrons. The summed E-state index contributed by atoms with van der Waals surface area (Å²) in [5, 5.41) is 0. The Morgan fingerprint density at radius 2 is 1.11 bits per heavy atom. The summed E-state index contributed by atoms with van der Waals surface area (Å²) in [5.41, 5.74) is 5.69. The van der Waals surface area contributed by atoms with E-state index < -0.39 is 5.97 Å². The van der Waals surface area contributed by atoms with Crippen LogP contribution in [0.5, 0.6) is 11.5 Å². The summed E-state index contributed by atoms with van der Waals surface area (Å²) in [6.45, 7) is 10.5. The van der Waals surface area contributed by atoms with Gasteiger partial charge in [0.15, 0.2) is 0 Å². The standard InChI is InChI=1S/C33H34O4/c1-22(2)32(34)36-30-17-13-28(14-18-30)26-9-5-24(6-10-26)21-25-7-11-27(12-8-25)29-15-19-31(20-16-29)37-33(35)23(3)4/h5-6,9-10,13-20,25,27H,1,3,7-8,11-12,21H2,2,4H3. The van der Waals surface area contributed by atoms with Crippen molar-refractivity contribution >= 4 is 11.9 Å². The maximum absolute atomic E-state index is 11.7. The molecule has 1 fully saturated rings. The van der Waals surface area contributed by atoms with Gasteiger partial charge in [-0.2, -0.15) is 0 Å². The van der Waals surface area contributed by atoms with Crippen LogP contribution in [0.15, 0.2) is 97.1 Å². The number of ether oxygens (including phenoxy) is 2. The quantitative estimate of drug-likeness (QED) is 0.182. The fraction of sp³-hybridized carbons (Fsp3) is 0.273. The normalized spacial score (nSPS) is 17.0. The molecule has 0 N–H and O–H groups in total. The Kier molecular flexibility index (Phi) is 8.39. The van der Waals surface area contributed by atoms with Crippen molar-refractivity contribution in [1.29, 1.82) is 0 Å². The number of benzene rings is 3. The minimum atomic E-state index is -0.411. The molecule has 3 aromatic rings. The molecule has 0 radical (unpaired) electrons. The van der Waals surface area contributed by atoms with E-state index in [1.54, 1.807) is 13.8 Å². The average Bonchev–Trinajstić information content (AvgIpc) is 2.90. The molecule has 1 aliphatic rings. The third-order valence-corrected chi connectivity index (χ3v) is 6.98. The molecule has 37 heavy (non-hydrogen) atoms. The Bertz CT molecular complexity index is 1260. The first-order valence-corrected chi connectivity index (χ1v) is 12.8. The van der Waals surface area contributed by atoms with Gasteiger partial charge in [-0.3, -0.25) is 0 Å². The zero-order valence-electron chi connectivity index (χ0n) is 21.7. The zero-order chi connectivity index (χ0) is 26.4. The summed E-state index contributed by atoms with van der Waals surface area (Å²) in [5.74, 6) is 1.54. The number of carbonyl (C=O) groups is 2. The largest absolute Gasteiger partial charge is 0.423 e. The van der Waals surface area contributed by atoms with Gasteiger partial charge in [0.25, 0.3) is 0 Å². The highest BCUT2D eigenvalue weighted by atomic mass is 16.5. The lowest BCUT2D eigenvalue weighted by Gasteiger charge is -2.29. The first kappa shape index (κ1) is 26.2. The van der Waals surface area contributed by atoms with E-state index in [2.05, 4.69) is 49.6 Å². The topological polar surface area (TPSA) is 52.6 Å². The number of esters is 2. The molecule has 0 spiro atoms. The van der Waals surface area contributed by atoms with Crippen LogP contribution in [0.25, 0.3) is 11.1 Å². The second-order valence-electron chi connectivity index (χ2n) is 10.1. The molecule has 1 saturated carbocycles. The van der Waals surface area contributed by atoms with Crippen molar-refractivity contribution in [1.82, 2.24) is 0 Å². The molecule has 0 aromatic heterocycles. The Labute approximate surface area is 219 Å². The second-order valence-corrected chi connectivity index (χ2v) is 10.1. The number of carbonyl (C=O) groups excluding carboxylic acids is 2. The van der Waals surface area contributed by atoms with Crippen LogP contribution in [0.4, 0.5) is 0 Å².